The van der Waals surface area contributed by atoms with Gasteiger partial charge in [0.05, 0.1) is 12.1 Å². The van der Waals surface area contributed by atoms with E-state index >= 15 is 0 Å². The quantitative estimate of drug-likeness (QED) is 0.213. The Morgan fingerprint density at radius 2 is 1.62 bits per heavy atom. The number of benzene rings is 2. The first-order valence-electron chi connectivity index (χ1n) is 13.3. The van der Waals surface area contributed by atoms with Gasteiger partial charge in [0.25, 0.3) is 0 Å². The van der Waals surface area contributed by atoms with Gasteiger partial charge in [0.2, 0.25) is 0 Å². The van der Waals surface area contributed by atoms with Gasteiger partial charge in [0.15, 0.2) is 6.10 Å². The van der Waals surface area contributed by atoms with Crippen LogP contribution >= 0.6 is 0 Å². The summed E-state index contributed by atoms with van der Waals surface area (Å²) in [6.45, 7) is 4.87. The molecule has 0 heterocycles. The molecule has 1 amide bonds. The maximum Gasteiger partial charge on any atom is 0.416 e. The Bertz CT molecular complexity index is 1010. The van der Waals surface area contributed by atoms with Crippen LogP contribution in [0.25, 0.3) is 0 Å². The molecule has 0 spiro atoms. The molecule has 0 aliphatic rings. The van der Waals surface area contributed by atoms with Crippen LogP contribution < -0.4 is 9.47 Å². The molecule has 0 saturated heterocycles. The summed E-state index contributed by atoms with van der Waals surface area (Å²) in [5.41, 5.74) is -0.115. The van der Waals surface area contributed by atoms with E-state index in [2.05, 4.69) is 6.92 Å². The lowest BCUT2D eigenvalue weighted by Gasteiger charge is -2.22. The van der Waals surface area contributed by atoms with Crippen molar-refractivity contribution in [1.29, 1.82) is 0 Å². The number of carbonyl (C=O) groups excluding carboxylic acids is 1. The summed E-state index contributed by atoms with van der Waals surface area (Å²) in [5.74, 6) is -0.668. The first-order valence-corrected chi connectivity index (χ1v) is 13.3. The van der Waals surface area contributed by atoms with Crippen LogP contribution in [-0.4, -0.2) is 54.5 Å². The third kappa shape index (κ3) is 12.0. The molecule has 39 heavy (non-hydrogen) atoms. The molecule has 10 heteroatoms. The Balaban J connectivity index is 1.96. The molecule has 0 radical (unpaired) electrons. The third-order valence-electron chi connectivity index (χ3n) is 6.02. The molecule has 2 rings (SSSR count). The molecule has 7 nitrogen and oxygen atoms in total. The van der Waals surface area contributed by atoms with Crippen molar-refractivity contribution in [3.05, 3.63) is 59.7 Å². The van der Waals surface area contributed by atoms with Crippen molar-refractivity contribution in [3.8, 4) is 11.5 Å². The lowest BCUT2D eigenvalue weighted by Crippen LogP contribution is -2.37. The van der Waals surface area contributed by atoms with Gasteiger partial charge < -0.3 is 24.2 Å². The average molecular weight is 554 g/mol. The summed E-state index contributed by atoms with van der Waals surface area (Å²) >= 11 is 0. The van der Waals surface area contributed by atoms with Crippen molar-refractivity contribution in [3.63, 3.8) is 0 Å². The number of carboxylic acids is 1. The number of rotatable bonds is 17. The molecule has 1 unspecified atom stereocenters. The van der Waals surface area contributed by atoms with Crippen molar-refractivity contribution < 1.29 is 42.1 Å². The minimum atomic E-state index is -4.54. The van der Waals surface area contributed by atoms with Crippen molar-refractivity contribution in [2.24, 2.45) is 0 Å². The highest BCUT2D eigenvalue weighted by atomic mass is 19.4. The van der Waals surface area contributed by atoms with E-state index in [1.54, 1.807) is 31.2 Å². The van der Waals surface area contributed by atoms with Gasteiger partial charge in [-0.05, 0) is 49.2 Å². The molecule has 0 aromatic heterocycles. The lowest BCUT2D eigenvalue weighted by atomic mass is 10.1. The number of alkyl halides is 3. The third-order valence-corrected chi connectivity index (χ3v) is 6.02. The molecule has 0 aliphatic heterocycles. The fourth-order valence-corrected chi connectivity index (χ4v) is 3.91. The van der Waals surface area contributed by atoms with Gasteiger partial charge in [-0.3, -0.25) is 0 Å². The van der Waals surface area contributed by atoms with Gasteiger partial charge in [0, 0.05) is 19.6 Å². The number of aliphatic carboxylic acids is 1. The van der Waals surface area contributed by atoms with E-state index in [-0.39, 0.29) is 25.3 Å². The number of ether oxygens (including phenoxy) is 3. The second kappa shape index (κ2) is 16.6. The Morgan fingerprint density at radius 3 is 2.26 bits per heavy atom. The molecular weight excluding hydrogens is 515 g/mol. The number of hydrogen-bond acceptors (Lipinski definition) is 5. The number of hydrogen-bond donors (Lipinski definition) is 1. The number of unbranched alkanes of at least 4 members (excludes halogenated alkanes) is 5. The van der Waals surface area contributed by atoms with Gasteiger partial charge in [-0.2, -0.15) is 13.2 Å². The fraction of sp³-hybridized carbons (Fsp3) is 0.517. The molecule has 1 atom stereocenters. The van der Waals surface area contributed by atoms with Gasteiger partial charge >= 0.3 is 18.2 Å². The van der Waals surface area contributed by atoms with Crippen LogP contribution in [-0.2, 0) is 22.1 Å². The Morgan fingerprint density at radius 1 is 0.923 bits per heavy atom. The predicted molar refractivity (Wildman–Crippen MR) is 141 cm³/mol. The lowest BCUT2D eigenvalue weighted by molar-refractivity contribution is -0.150. The summed E-state index contributed by atoms with van der Waals surface area (Å²) < 4.78 is 55.4. The highest BCUT2D eigenvalue weighted by Gasteiger charge is 2.31. The molecule has 0 fully saturated rings. The minimum Gasteiger partial charge on any atom is -0.492 e. The number of amides is 1. The van der Waals surface area contributed by atoms with E-state index < -0.39 is 29.9 Å². The van der Waals surface area contributed by atoms with Crippen molar-refractivity contribution in [2.75, 3.05) is 26.3 Å². The largest absolute Gasteiger partial charge is 0.492 e. The highest BCUT2D eigenvalue weighted by molar-refractivity contribution is 5.72. The first kappa shape index (κ1) is 31.9. The summed E-state index contributed by atoms with van der Waals surface area (Å²) in [7, 11) is 0. The van der Waals surface area contributed by atoms with Crippen LogP contribution in [0.1, 0.15) is 63.5 Å². The minimum absolute atomic E-state index is 0.142. The van der Waals surface area contributed by atoms with Crippen LogP contribution in [0.5, 0.6) is 11.5 Å². The van der Waals surface area contributed by atoms with E-state index in [4.69, 9.17) is 14.2 Å². The summed E-state index contributed by atoms with van der Waals surface area (Å²) in [6, 6.07) is 11.2. The SMILES string of the molecule is CCCCCCCCN(CCOc1ccc(CC(OCC)C(=O)O)cc1)C(=O)Oc1cccc(C(F)(F)F)c1. The van der Waals surface area contributed by atoms with E-state index in [1.807, 2.05) is 0 Å². The maximum atomic E-state index is 13.0. The maximum absolute atomic E-state index is 13.0. The van der Waals surface area contributed by atoms with E-state index in [0.717, 1.165) is 56.2 Å². The normalized spacial score (nSPS) is 12.1. The molecule has 0 aliphatic carbocycles. The van der Waals surface area contributed by atoms with Crippen LogP contribution in [0.2, 0.25) is 0 Å². The standard InChI is InChI=1S/C29H38F3NO6/c1-3-5-6-7-8-9-17-33(28(36)39-25-12-10-11-23(21-25)29(30,31)32)18-19-38-24-15-13-22(14-16-24)20-26(27(34)35)37-4-2/h10-16,21,26H,3-9,17-20H2,1-2H3,(H,34,35). The molecule has 216 valence electrons. The average Bonchev–Trinajstić information content (AvgIpc) is 2.89. The fourth-order valence-electron chi connectivity index (χ4n) is 3.91. The number of carbonyl (C=O) groups is 2. The van der Waals surface area contributed by atoms with Gasteiger partial charge in [-0.1, -0.05) is 57.2 Å². The van der Waals surface area contributed by atoms with Crippen molar-refractivity contribution >= 4 is 12.1 Å². The van der Waals surface area contributed by atoms with Crippen LogP contribution in [0, 0.1) is 0 Å². The second-order valence-corrected chi connectivity index (χ2v) is 9.13. The Labute approximate surface area is 227 Å². The van der Waals surface area contributed by atoms with Gasteiger partial charge in [0.1, 0.15) is 18.1 Å². The van der Waals surface area contributed by atoms with E-state index in [1.165, 1.54) is 17.0 Å². The molecular formula is C29H38F3NO6. The number of nitrogens with zero attached hydrogens (tertiary/aromatic N) is 1. The molecule has 0 bridgehead atoms. The molecule has 1 N–H and O–H groups in total. The second-order valence-electron chi connectivity index (χ2n) is 9.13. The number of halogens is 3. The van der Waals surface area contributed by atoms with Crippen LogP contribution in [0.4, 0.5) is 18.0 Å². The zero-order valence-electron chi connectivity index (χ0n) is 22.5. The highest BCUT2D eigenvalue weighted by Crippen LogP contribution is 2.31. The summed E-state index contributed by atoms with van der Waals surface area (Å²) in [6.07, 6.45) is 0.101. The van der Waals surface area contributed by atoms with Gasteiger partial charge in [-0.15, -0.1) is 0 Å². The summed E-state index contributed by atoms with van der Waals surface area (Å²) in [4.78, 5) is 25.6. The van der Waals surface area contributed by atoms with Crippen LogP contribution in [0.3, 0.4) is 0 Å². The van der Waals surface area contributed by atoms with Crippen molar-refractivity contribution in [2.45, 2.75) is 71.1 Å². The molecule has 2 aromatic carbocycles. The molecule has 2 aromatic rings. The monoisotopic (exact) mass is 553 g/mol. The zero-order chi connectivity index (χ0) is 28.7. The van der Waals surface area contributed by atoms with E-state index in [9.17, 15) is 27.9 Å². The van der Waals surface area contributed by atoms with E-state index in [0.29, 0.717) is 18.9 Å². The molecule has 0 saturated carbocycles. The zero-order valence-corrected chi connectivity index (χ0v) is 22.5. The topological polar surface area (TPSA) is 85.3 Å². The van der Waals surface area contributed by atoms with Crippen LogP contribution in [0.15, 0.2) is 48.5 Å². The smallest absolute Gasteiger partial charge is 0.416 e. The van der Waals surface area contributed by atoms with Crippen molar-refractivity contribution in [1.82, 2.24) is 4.90 Å². The number of carboxylic acid groups (broad SMARTS) is 1. The Hall–Kier alpha value is -3.27. The first-order chi connectivity index (χ1) is 18.6. The predicted octanol–water partition coefficient (Wildman–Crippen LogP) is 6.98. The Kier molecular flexibility index (Phi) is 13.6. The summed E-state index contributed by atoms with van der Waals surface area (Å²) in [5, 5.41) is 9.25. The van der Waals surface area contributed by atoms with Gasteiger partial charge in [-0.25, -0.2) is 9.59 Å².